The van der Waals surface area contributed by atoms with Crippen LogP contribution >= 0.6 is 0 Å². The Hall–Kier alpha value is -3.28. The molecule has 1 heterocycles. The van der Waals surface area contributed by atoms with Crippen molar-refractivity contribution in [3.05, 3.63) is 64.7 Å². The normalized spacial score (nSPS) is 25.9. The molecular formula is C26H25NO5. The van der Waals surface area contributed by atoms with Gasteiger partial charge in [0.2, 0.25) is 11.8 Å². The number of benzene rings is 2. The molecule has 1 aliphatic heterocycles. The maximum absolute atomic E-state index is 12.9. The molecule has 6 nitrogen and oxygen atoms in total. The van der Waals surface area contributed by atoms with Gasteiger partial charge in [-0.2, -0.15) is 0 Å². The standard InChI is InChI=1S/C26H25NO5/c1-14-3-4-17(11-15(14)2)21(28)13-32-26(31)16-7-9-20(10-8-16)27-24(29)22-18-5-6-19(12-18)23(22)25(27)30/h3-4,7-11,18-19,22-23H,5-6,12-13H2,1-2H3/t18-,19-,22-,23-/m0/s1. The number of carbonyl (C=O) groups is 4. The monoisotopic (exact) mass is 431 g/mol. The predicted octanol–water partition coefficient (Wildman–Crippen LogP) is 3.88. The first-order valence-electron chi connectivity index (χ1n) is 11.1. The first-order valence-corrected chi connectivity index (χ1v) is 11.1. The van der Waals surface area contributed by atoms with Gasteiger partial charge in [0.15, 0.2) is 12.4 Å². The van der Waals surface area contributed by atoms with Crippen LogP contribution < -0.4 is 4.90 Å². The van der Waals surface area contributed by atoms with Crippen LogP contribution in [-0.4, -0.2) is 30.2 Å². The van der Waals surface area contributed by atoms with Crippen molar-refractivity contribution >= 4 is 29.3 Å². The minimum atomic E-state index is -0.622. The van der Waals surface area contributed by atoms with Gasteiger partial charge in [-0.05, 0) is 86.4 Å². The van der Waals surface area contributed by atoms with Crippen LogP contribution in [0.15, 0.2) is 42.5 Å². The van der Waals surface area contributed by atoms with Crippen molar-refractivity contribution < 1.29 is 23.9 Å². The lowest BCUT2D eigenvalue weighted by atomic mass is 9.81. The van der Waals surface area contributed by atoms with Gasteiger partial charge >= 0.3 is 5.97 Å². The number of hydrogen-bond acceptors (Lipinski definition) is 5. The highest BCUT2D eigenvalue weighted by molar-refractivity contribution is 6.22. The lowest BCUT2D eigenvalue weighted by Gasteiger charge is -2.19. The number of ether oxygens (including phenoxy) is 1. The van der Waals surface area contributed by atoms with Crippen LogP contribution in [0, 0.1) is 37.5 Å². The van der Waals surface area contributed by atoms with Crippen molar-refractivity contribution in [3.8, 4) is 0 Å². The first kappa shape index (κ1) is 20.6. The second-order valence-corrected chi connectivity index (χ2v) is 9.24. The largest absolute Gasteiger partial charge is 0.454 e. The lowest BCUT2D eigenvalue weighted by Crippen LogP contribution is -2.32. The Kier molecular flexibility index (Phi) is 4.96. The number of rotatable bonds is 5. The summed E-state index contributed by atoms with van der Waals surface area (Å²) in [5.41, 5.74) is 3.34. The maximum Gasteiger partial charge on any atom is 0.338 e. The molecule has 0 unspecified atom stereocenters. The van der Waals surface area contributed by atoms with Crippen molar-refractivity contribution in [2.24, 2.45) is 23.7 Å². The molecular weight excluding hydrogens is 406 g/mol. The molecule has 164 valence electrons. The second kappa shape index (κ2) is 7.69. The van der Waals surface area contributed by atoms with Crippen LogP contribution in [0.2, 0.25) is 0 Å². The molecule has 2 aromatic carbocycles. The van der Waals surface area contributed by atoms with Crippen molar-refractivity contribution in [3.63, 3.8) is 0 Å². The zero-order chi connectivity index (χ0) is 22.6. The minimum Gasteiger partial charge on any atom is -0.454 e. The minimum absolute atomic E-state index is 0.110. The van der Waals surface area contributed by atoms with Gasteiger partial charge in [-0.15, -0.1) is 0 Å². The third-order valence-electron chi connectivity index (χ3n) is 7.45. The molecule has 0 aromatic heterocycles. The average Bonchev–Trinajstić information content (AvgIpc) is 3.47. The molecule has 6 heteroatoms. The topological polar surface area (TPSA) is 80.8 Å². The fourth-order valence-electron chi connectivity index (χ4n) is 5.62. The van der Waals surface area contributed by atoms with Gasteiger partial charge in [0.1, 0.15) is 0 Å². The van der Waals surface area contributed by atoms with Crippen LogP contribution in [0.3, 0.4) is 0 Å². The van der Waals surface area contributed by atoms with E-state index in [1.807, 2.05) is 19.9 Å². The van der Waals surface area contributed by atoms with E-state index in [1.54, 1.807) is 24.3 Å². The van der Waals surface area contributed by atoms with Crippen LogP contribution in [0.5, 0.6) is 0 Å². The van der Waals surface area contributed by atoms with Gasteiger partial charge in [0.05, 0.1) is 23.1 Å². The Morgan fingerprint density at radius 1 is 0.875 bits per heavy atom. The summed E-state index contributed by atoms with van der Waals surface area (Å²) in [5.74, 6) is -0.811. The first-order chi connectivity index (χ1) is 15.3. The van der Waals surface area contributed by atoms with Gasteiger partial charge < -0.3 is 4.74 Å². The van der Waals surface area contributed by atoms with Crippen molar-refractivity contribution in [1.29, 1.82) is 0 Å². The number of amides is 2. The number of hydrogen-bond donors (Lipinski definition) is 0. The highest BCUT2D eigenvalue weighted by Gasteiger charge is 2.61. The maximum atomic E-state index is 12.9. The highest BCUT2D eigenvalue weighted by Crippen LogP contribution is 2.56. The van der Waals surface area contributed by atoms with Gasteiger partial charge in [0.25, 0.3) is 0 Å². The van der Waals surface area contributed by atoms with E-state index in [0.717, 1.165) is 30.4 Å². The lowest BCUT2D eigenvalue weighted by molar-refractivity contribution is -0.123. The van der Waals surface area contributed by atoms with E-state index in [-0.39, 0.29) is 41.6 Å². The third kappa shape index (κ3) is 3.25. The summed E-state index contributed by atoms with van der Waals surface area (Å²) in [6.07, 6.45) is 3.06. The van der Waals surface area contributed by atoms with E-state index < -0.39 is 5.97 Å². The Balaban J connectivity index is 1.24. The molecule has 2 aromatic rings. The predicted molar refractivity (Wildman–Crippen MR) is 117 cm³/mol. The number of ketones is 1. The SMILES string of the molecule is Cc1ccc(C(=O)COC(=O)c2ccc(N3C(=O)[C@H]4[C@H]5CC[C@@H](C5)[C@@H]4C3=O)cc2)cc1C. The summed E-state index contributed by atoms with van der Waals surface area (Å²) in [4.78, 5) is 51.9. The molecule has 2 bridgehead atoms. The number of carbonyl (C=O) groups excluding carboxylic acids is 4. The molecule has 2 saturated carbocycles. The van der Waals surface area contributed by atoms with Gasteiger partial charge in [-0.3, -0.25) is 19.3 Å². The molecule has 3 aliphatic rings. The van der Waals surface area contributed by atoms with Gasteiger partial charge in [0, 0.05) is 5.56 Å². The number of aryl methyl sites for hydroxylation is 2. The summed E-state index contributed by atoms with van der Waals surface area (Å²) >= 11 is 0. The number of Topliss-reactive ketones (excluding diaryl/α,β-unsaturated/α-hetero) is 1. The molecule has 0 spiro atoms. The zero-order valence-corrected chi connectivity index (χ0v) is 18.2. The number of esters is 1. The molecule has 2 aliphatic carbocycles. The summed E-state index contributed by atoms with van der Waals surface area (Å²) in [7, 11) is 0. The number of fused-ring (bicyclic) bond motifs is 5. The molecule has 0 N–H and O–H groups in total. The number of imide groups is 1. The van der Waals surface area contributed by atoms with Crippen LogP contribution in [-0.2, 0) is 14.3 Å². The number of nitrogens with zero attached hydrogens (tertiary/aromatic N) is 1. The molecule has 2 amide bonds. The Morgan fingerprint density at radius 2 is 1.47 bits per heavy atom. The van der Waals surface area contributed by atoms with Crippen molar-refractivity contribution in [2.75, 3.05) is 11.5 Å². The molecule has 3 fully saturated rings. The third-order valence-corrected chi connectivity index (χ3v) is 7.45. The van der Waals surface area contributed by atoms with E-state index in [2.05, 4.69) is 0 Å². The van der Waals surface area contributed by atoms with Crippen molar-refractivity contribution in [2.45, 2.75) is 33.1 Å². The van der Waals surface area contributed by atoms with Gasteiger partial charge in [-0.1, -0.05) is 12.1 Å². The van der Waals surface area contributed by atoms with Crippen LogP contribution in [0.4, 0.5) is 5.69 Å². The molecule has 0 radical (unpaired) electrons. The Bertz CT molecular complexity index is 1110. The zero-order valence-electron chi connectivity index (χ0n) is 18.2. The van der Waals surface area contributed by atoms with Crippen LogP contribution in [0.1, 0.15) is 51.1 Å². The van der Waals surface area contributed by atoms with Gasteiger partial charge in [-0.25, -0.2) is 4.79 Å². The van der Waals surface area contributed by atoms with Crippen LogP contribution in [0.25, 0.3) is 0 Å². The Labute approximate surface area is 186 Å². The smallest absolute Gasteiger partial charge is 0.338 e. The van der Waals surface area contributed by atoms with E-state index >= 15 is 0 Å². The molecule has 5 rings (SSSR count). The fraction of sp³-hybridized carbons (Fsp3) is 0.385. The summed E-state index contributed by atoms with van der Waals surface area (Å²) in [5, 5.41) is 0. The fourth-order valence-corrected chi connectivity index (χ4v) is 5.62. The Morgan fingerprint density at radius 3 is 2.06 bits per heavy atom. The summed E-state index contributed by atoms with van der Waals surface area (Å²) < 4.78 is 5.18. The van der Waals surface area contributed by atoms with Crippen molar-refractivity contribution in [1.82, 2.24) is 0 Å². The molecule has 1 saturated heterocycles. The van der Waals surface area contributed by atoms with E-state index in [4.69, 9.17) is 4.74 Å². The average molecular weight is 431 g/mol. The van der Waals surface area contributed by atoms with E-state index in [0.29, 0.717) is 23.1 Å². The molecule has 32 heavy (non-hydrogen) atoms. The second-order valence-electron chi connectivity index (χ2n) is 9.24. The highest BCUT2D eigenvalue weighted by atomic mass is 16.5. The summed E-state index contributed by atoms with van der Waals surface area (Å²) in [6.45, 7) is 3.54. The molecule has 4 atom stereocenters. The quantitative estimate of drug-likeness (QED) is 0.408. The number of anilines is 1. The van der Waals surface area contributed by atoms with E-state index in [9.17, 15) is 19.2 Å². The van der Waals surface area contributed by atoms with E-state index in [1.165, 1.54) is 17.0 Å². The summed E-state index contributed by atoms with van der Waals surface area (Å²) in [6, 6.07) is 11.6.